The summed E-state index contributed by atoms with van der Waals surface area (Å²) in [6.07, 6.45) is 3.61. The molecule has 2 heterocycles. The van der Waals surface area contributed by atoms with Crippen LogP contribution in [0.2, 0.25) is 0 Å². The van der Waals surface area contributed by atoms with Crippen molar-refractivity contribution in [2.24, 2.45) is 0 Å². The number of carbonyl (C=O) groups is 1. The summed E-state index contributed by atoms with van der Waals surface area (Å²) in [7, 11) is 0. The molecule has 0 amide bonds. The van der Waals surface area contributed by atoms with E-state index in [1.165, 1.54) is 0 Å². The average molecular weight is 372 g/mol. The first-order chi connectivity index (χ1) is 13.3. The first-order valence-corrected chi connectivity index (χ1v) is 9.63. The Kier molecular flexibility index (Phi) is 5.21. The Morgan fingerprint density at radius 2 is 1.85 bits per heavy atom. The lowest BCUT2D eigenvalue weighted by Crippen LogP contribution is -2.10. The van der Waals surface area contributed by atoms with Crippen molar-refractivity contribution in [1.82, 2.24) is 4.98 Å². The average Bonchev–Trinajstić information content (AvgIpc) is 3.22. The Morgan fingerprint density at radius 3 is 2.67 bits per heavy atom. The zero-order valence-electron chi connectivity index (χ0n) is 14.6. The van der Waals surface area contributed by atoms with E-state index in [9.17, 15) is 4.79 Å². The highest BCUT2D eigenvalue weighted by Crippen LogP contribution is 2.44. The van der Waals surface area contributed by atoms with Crippen molar-refractivity contribution in [3.8, 4) is 0 Å². The van der Waals surface area contributed by atoms with E-state index in [0.717, 1.165) is 16.9 Å². The number of aromatic nitrogens is 1. The topological polar surface area (TPSA) is 56.1 Å². The normalized spacial score (nSPS) is 15.7. The van der Waals surface area contributed by atoms with Gasteiger partial charge in [-0.05, 0) is 34.5 Å². The molecule has 0 radical (unpaired) electrons. The SMILES string of the molecule is O=C(c1ccccc1)c1ccccc1NCC1=CSC(c2cccnc2)[N-]1. The van der Waals surface area contributed by atoms with Gasteiger partial charge in [0.2, 0.25) is 0 Å². The largest absolute Gasteiger partial charge is 0.671 e. The second-order valence-electron chi connectivity index (χ2n) is 6.11. The lowest BCUT2D eigenvalue weighted by molar-refractivity contribution is 0.103. The molecule has 2 aromatic carbocycles. The van der Waals surface area contributed by atoms with Crippen LogP contribution in [0.25, 0.3) is 5.32 Å². The van der Waals surface area contributed by atoms with Crippen LogP contribution in [0.1, 0.15) is 26.9 Å². The Hall–Kier alpha value is -3.05. The van der Waals surface area contributed by atoms with E-state index in [0.29, 0.717) is 17.7 Å². The fraction of sp³-hybridized carbons (Fsp3) is 0.0909. The van der Waals surface area contributed by atoms with Gasteiger partial charge < -0.3 is 10.6 Å². The van der Waals surface area contributed by atoms with Gasteiger partial charge in [0.1, 0.15) is 0 Å². The number of ketones is 1. The predicted octanol–water partition coefficient (Wildman–Crippen LogP) is 5.39. The number of anilines is 1. The monoisotopic (exact) mass is 372 g/mol. The summed E-state index contributed by atoms with van der Waals surface area (Å²) in [6.45, 7) is 0.572. The molecular weight excluding hydrogens is 354 g/mol. The van der Waals surface area contributed by atoms with E-state index in [1.54, 1.807) is 18.0 Å². The van der Waals surface area contributed by atoms with Crippen molar-refractivity contribution in [2.45, 2.75) is 5.37 Å². The van der Waals surface area contributed by atoms with E-state index in [2.05, 4.69) is 15.7 Å². The van der Waals surface area contributed by atoms with Crippen LogP contribution < -0.4 is 5.32 Å². The molecule has 0 spiro atoms. The first kappa shape index (κ1) is 17.4. The Labute approximate surface area is 162 Å². The molecule has 1 unspecified atom stereocenters. The molecule has 4 nitrogen and oxygen atoms in total. The Balaban J connectivity index is 1.43. The maximum atomic E-state index is 12.8. The van der Waals surface area contributed by atoms with E-state index in [1.807, 2.05) is 72.9 Å². The van der Waals surface area contributed by atoms with E-state index in [4.69, 9.17) is 5.32 Å². The third-order valence-electron chi connectivity index (χ3n) is 4.25. The number of carbonyl (C=O) groups excluding carboxylic acids is 1. The number of nitrogens with zero attached hydrogens (tertiary/aromatic N) is 2. The van der Waals surface area contributed by atoms with Crippen molar-refractivity contribution >= 4 is 23.2 Å². The highest BCUT2D eigenvalue weighted by atomic mass is 32.2. The number of rotatable bonds is 6. The predicted molar refractivity (Wildman–Crippen MR) is 111 cm³/mol. The second-order valence-corrected chi connectivity index (χ2v) is 7.06. The molecule has 0 saturated carbocycles. The number of benzene rings is 2. The molecule has 1 aromatic heterocycles. The maximum absolute atomic E-state index is 12.8. The third-order valence-corrected chi connectivity index (χ3v) is 5.30. The van der Waals surface area contributed by atoms with Gasteiger partial charge in [-0.15, -0.1) is 17.5 Å². The number of hydrogen-bond acceptors (Lipinski definition) is 4. The minimum atomic E-state index is 0.0126. The number of para-hydroxylation sites is 1. The molecule has 0 bridgehead atoms. The second kappa shape index (κ2) is 8.10. The van der Waals surface area contributed by atoms with Crippen LogP contribution >= 0.6 is 11.8 Å². The van der Waals surface area contributed by atoms with E-state index < -0.39 is 0 Å². The van der Waals surface area contributed by atoms with Gasteiger partial charge in [-0.1, -0.05) is 48.5 Å². The van der Waals surface area contributed by atoms with Crippen LogP contribution in [0.3, 0.4) is 0 Å². The molecule has 0 saturated heterocycles. The third kappa shape index (κ3) is 4.04. The molecule has 1 aliphatic heterocycles. The standard InChI is InChI=1S/C22H18N3OS/c26-21(16-7-2-1-3-8-16)19-10-4-5-11-20(19)24-14-18-15-27-22(25-18)17-9-6-12-23-13-17/h1-13,15,22H,14H2,(H,24,26)/q-1. The lowest BCUT2D eigenvalue weighted by Gasteiger charge is -2.27. The fourth-order valence-corrected chi connectivity index (χ4v) is 3.81. The van der Waals surface area contributed by atoms with Crippen LogP contribution in [0, 0.1) is 0 Å². The highest BCUT2D eigenvalue weighted by molar-refractivity contribution is 8.02. The van der Waals surface area contributed by atoms with Gasteiger partial charge in [0.05, 0.1) is 0 Å². The van der Waals surface area contributed by atoms with Crippen LogP contribution in [0.4, 0.5) is 5.69 Å². The summed E-state index contributed by atoms with van der Waals surface area (Å²) in [5, 5.41) is 10.2. The van der Waals surface area contributed by atoms with Gasteiger partial charge in [-0.3, -0.25) is 9.78 Å². The summed E-state index contributed by atoms with van der Waals surface area (Å²) < 4.78 is 0. The molecule has 4 rings (SSSR count). The molecule has 1 N–H and O–H groups in total. The zero-order chi connectivity index (χ0) is 18.5. The smallest absolute Gasteiger partial charge is 0.195 e. The molecular formula is C22H18N3OS-. The van der Waals surface area contributed by atoms with Gasteiger partial charge in [0.15, 0.2) is 5.78 Å². The molecule has 1 aliphatic rings. The molecule has 1 atom stereocenters. The molecule has 27 heavy (non-hydrogen) atoms. The van der Waals surface area contributed by atoms with Gasteiger partial charge in [-0.25, -0.2) is 0 Å². The van der Waals surface area contributed by atoms with E-state index >= 15 is 0 Å². The number of thioether (sulfide) groups is 1. The summed E-state index contributed by atoms with van der Waals surface area (Å²) in [4.78, 5) is 17.0. The zero-order valence-corrected chi connectivity index (χ0v) is 15.4. The van der Waals surface area contributed by atoms with Crippen LogP contribution in [0.5, 0.6) is 0 Å². The van der Waals surface area contributed by atoms with Crippen molar-refractivity contribution in [3.63, 3.8) is 0 Å². The summed E-state index contributed by atoms with van der Waals surface area (Å²) in [5.74, 6) is 0.0126. The van der Waals surface area contributed by atoms with Crippen LogP contribution in [0.15, 0.2) is 90.2 Å². The summed E-state index contributed by atoms with van der Waals surface area (Å²) >= 11 is 1.67. The fourth-order valence-electron chi connectivity index (χ4n) is 2.88. The van der Waals surface area contributed by atoms with Gasteiger partial charge in [0.25, 0.3) is 0 Å². The molecule has 3 aromatic rings. The van der Waals surface area contributed by atoms with Crippen molar-refractivity contribution < 1.29 is 4.79 Å². The lowest BCUT2D eigenvalue weighted by atomic mass is 10.0. The first-order valence-electron chi connectivity index (χ1n) is 8.69. The maximum Gasteiger partial charge on any atom is 0.195 e. The van der Waals surface area contributed by atoms with Gasteiger partial charge >= 0.3 is 0 Å². The Morgan fingerprint density at radius 1 is 1.04 bits per heavy atom. The quantitative estimate of drug-likeness (QED) is 0.590. The van der Waals surface area contributed by atoms with Gasteiger partial charge in [0, 0.05) is 35.8 Å². The molecule has 0 fully saturated rings. The molecule has 134 valence electrons. The number of nitrogens with one attached hydrogen (secondary N) is 1. The number of pyridine rings is 1. The molecule has 5 heteroatoms. The minimum Gasteiger partial charge on any atom is -0.671 e. The minimum absolute atomic E-state index is 0.0126. The molecule has 0 aliphatic carbocycles. The van der Waals surface area contributed by atoms with Crippen molar-refractivity contribution in [3.05, 3.63) is 112 Å². The van der Waals surface area contributed by atoms with E-state index in [-0.39, 0.29) is 11.2 Å². The van der Waals surface area contributed by atoms with Gasteiger partial charge in [-0.2, -0.15) is 0 Å². The Bertz CT molecular complexity index is 958. The summed E-state index contributed by atoms with van der Waals surface area (Å²) in [6, 6.07) is 20.9. The number of hydrogen-bond donors (Lipinski definition) is 1. The highest BCUT2D eigenvalue weighted by Gasteiger charge is 2.13. The van der Waals surface area contributed by atoms with Crippen LogP contribution in [-0.2, 0) is 0 Å². The van der Waals surface area contributed by atoms with Crippen molar-refractivity contribution in [1.29, 1.82) is 0 Å². The summed E-state index contributed by atoms with van der Waals surface area (Å²) in [5.41, 5.74) is 4.23. The van der Waals surface area contributed by atoms with Crippen molar-refractivity contribution in [2.75, 3.05) is 11.9 Å². The van der Waals surface area contributed by atoms with Crippen LogP contribution in [-0.4, -0.2) is 17.3 Å².